The van der Waals surface area contributed by atoms with Crippen LogP contribution in [-0.4, -0.2) is 140 Å². The molecule has 12 unspecified atom stereocenters. The van der Waals surface area contributed by atoms with E-state index in [9.17, 15) is 45.6 Å². The monoisotopic (exact) mass is 1260 g/mol. The van der Waals surface area contributed by atoms with Crippen molar-refractivity contribution in [3.63, 3.8) is 0 Å². The molecular weight excluding hydrogens is 1120 g/mol. The minimum atomic E-state index is -1.79. The zero-order valence-electron chi connectivity index (χ0n) is 57.2. The van der Waals surface area contributed by atoms with E-state index < -0.39 is 86.8 Å². The first-order valence-electron chi connectivity index (χ1n) is 37.7. The van der Waals surface area contributed by atoms with Gasteiger partial charge in [0.1, 0.15) is 48.8 Å². The number of nitrogens with one attached hydrogen (secondary N) is 1. The summed E-state index contributed by atoms with van der Waals surface area (Å²) in [7, 11) is 0. The highest BCUT2D eigenvalue weighted by molar-refractivity contribution is 5.76. The molecule has 2 rings (SSSR count). The zero-order chi connectivity index (χ0) is 64.5. The Hall–Kier alpha value is -1.79. The first-order chi connectivity index (χ1) is 43.6. The van der Waals surface area contributed by atoms with Crippen LogP contribution in [0.5, 0.6) is 0 Å². The number of aliphatic hydroxyl groups excluding tert-OH is 8. The van der Waals surface area contributed by atoms with Gasteiger partial charge in [-0.05, 0) is 57.8 Å². The van der Waals surface area contributed by atoms with Crippen LogP contribution in [0.15, 0.2) is 36.5 Å². The summed E-state index contributed by atoms with van der Waals surface area (Å²) in [5, 5.41) is 87.3. The van der Waals surface area contributed by atoms with Gasteiger partial charge in [0.2, 0.25) is 5.91 Å². The number of hydrogen-bond acceptors (Lipinski definition) is 13. The Morgan fingerprint density at radius 2 is 0.719 bits per heavy atom. The zero-order valence-corrected chi connectivity index (χ0v) is 57.2. The van der Waals surface area contributed by atoms with E-state index in [0.29, 0.717) is 12.8 Å². The number of hydrogen-bond donors (Lipinski definition) is 9. The van der Waals surface area contributed by atoms with Gasteiger partial charge in [0.05, 0.1) is 32.0 Å². The van der Waals surface area contributed by atoms with E-state index in [1.807, 2.05) is 6.08 Å². The van der Waals surface area contributed by atoms with Gasteiger partial charge in [-0.25, -0.2) is 0 Å². The summed E-state index contributed by atoms with van der Waals surface area (Å²) in [4.78, 5) is 13.3. The average Bonchev–Trinajstić information content (AvgIpc) is 2.55. The van der Waals surface area contributed by atoms with Crippen molar-refractivity contribution in [2.24, 2.45) is 0 Å². The number of aliphatic hydroxyl groups is 8. The van der Waals surface area contributed by atoms with Gasteiger partial charge in [-0.3, -0.25) is 4.79 Å². The lowest BCUT2D eigenvalue weighted by molar-refractivity contribution is -0.359. The number of allylic oxidation sites excluding steroid dienone is 5. The van der Waals surface area contributed by atoms with Gasteiger partial charge < -0.3 is 65.1 Å². The summed E-state index contributed by atoms with van der Waals surface area (Å²) >= 11 is 0. The van der Waals surface area contributed by atoms with Crippen molar-refractivity contribution >= 4 is 5.91 Å². The normalized spacial score (nSPS) is 23.2. The van der Waals surface area contributed by atoms with Crippen LogP contribution >= 0.6 is 0 Å². The number of rotatable bonds is 63. The van der Waals surface area contributed by atoms with Crippen LogP contribution in [0, 0.1) is 0 Å². The molecule has 0 aromatic heterocycles. The molecule has 0 aliphatic carbocycles. The third-order valence-corrected chi connectivity index (χ3v) is 18.5. The Morgan fingerprint density at radius 1 is 0.393 bits per heavy atom. The maximum absolute atomic E-state index is 13.3. The summed E-state index contributed by atoms with van der Waals surface area (Å²) < 4.78 is 22.8. The highest BCUT2D eigenvalue weighted by Crippen LogP contribution is 2.30. The SMILES string of the molecule is CCCCCCCCCC/C=C\CCCCCCCCCCCCCCCCCCCCCCCCCCCCCC(=O)NC(COC1OC(CO)C(OC2OC(CO)C(O)C(O)C2O)C(O)C1O)C(O)/C=C/CC/C=C/CCCCCCCCCCCC. The van der Waals surface area contributed by atoms with Crippen LogP contribution in [0.4, 0.5) is 0 Å². The van der Waals surface area contributed by atoms with Crippen molar-refractivity contribution in [2.75, 3.05) is 19.8 Å². The van der Waals surface area contributed by atoms with E-state index in [4.69, 9.17) is 18.9 Å². The smallest absolute Gasteiger partial charge is 0.220 e. The predicted octanol–water partition coefficient (Wildman–Crippen LogP) is 16.1. The van der Waals surface area contributed by atoms with Crippen molar-refractivity contribution < 1.29 is 64.6 Å². The lowest BCUT2D eigenvalue weighted by Gasteiger charge is -2.46. The van der Waals surface area contributed by atoms with Crippen molar-refractivity contribution in [1.29, 1.82) is 0 Å². The van der Waals surface area contributed by atoms with E-state index in [-0.39, 0.29) is 18.9 Å². The number of ether oxygens (including phenoxy) is 4. The molecule has 524 valence electrons. The maximum Gasteiger partial charge on any atom is 0.220 e. The third-order valence-electron chi connectivity index (χ3n) is 18.5. The fourth-order valence-electron chi connectivity index (χ4n) is 12.5. The highest BCUT2D eigenvalue weighted by Gasteiger charge is 2.51. The molecular formula is C75H141NO13. The number of amides is 1. The molecule has 2 fully saturated rings. The van der Waals surface area contributed by atoms with Crippen LogP contribution in [0.2, 0.25) is 0 Å². The van der Waals surface area contributed by atoms with Gasteiger partial charge in [0.15, 0.2) is 12.6 Å². The van der Waals surface area contributed by atoms with Crippen LogP contribution in [0.3, 0.4) is 0 Å². The highest BCUT2D eigenvalue weighted by atomic mass is 16.7. The van der Waals surface area contributed by atoms with Gasteiger partial charge >= 0.3 is 0 Å². The Bertz CT molecular complexity index is 1630. The second-order valence-electron chi connectivity index (χ2n) is 26.8. The average molecular weight is 1260 g/mol. The largest absolute Gasteiger partial charge is 0.394 e. The Labute approximate surface area is 544 Å². The van der Waals surface area contributed by atoms with E-state index in [1.54, 1.807) is 6.08 Å². The molecule has 2 aliphatic heterocycles. The Balaban J connectivity index is 1.56. The topological polar surface area (TPSA) is 228 Å². The first kappa shape index (κ1) is 83.3. The summed E-state index contributed by atoms with van der Waals surface area (Å²) in [6.45, 7) is 2.82. The molecule has 2 saturated heterocycles. The summed E-state index contributed by atoms with van der Waals surface area (Å²) in [5.74, 6) is -0.243. The molecule has 0 aromatic carbocycles. The lowest BCUT2D eigenvalue weighted by atomic mass is 9.97. The van der Waals surface area contributed by atoms with Gasteiger partial charge in [-0.2, -0.15) is 0 Å². The Kier molecular flexibility index (Phi) is 56.1. The standard InChI is InChI=1S/C75H141NO13/c1-3-5-7-9-11-13-15-17-19-21-22-23-24-25-26-27-28-29-30-31-32-33-34-35-36-37-38-39-40-41-42-43-45-47-49-51-53-55-57-59-67(80)76-63(64(79)58-56-54-52-50-48-46-44-20-18-16-14-12-10-8-6-4-2)62-86-74-72(85)70(83)73(66(61-78)88-74)89-75-71(84)69(82)68(81)65(60-77)87-75/h21-22,48,50,56,58,63-66,68-75,77-79,81-85H,3-20,23-47,49,51-55,57,59-62H2,1-2H3,(H,76,80)/b22-21-,50-48+,58-56+. The summed E-state index contributed by atoms with van der Waals surface area (Å²) in [5.41, 5.74) is 0. The molecule has 2 heterocycles. The van der Waals surface area contributed by atoms with E-state index in [1.165, 1.54) is 276 Å². The number of unbranched alkanes of at least 4 members (excludes halogenated alkanes) is 46. The first-order valence-corrected chi connectivity index (χ1v) is 37.7. The maximum atomic E-state index is 13.3. The van der Waals surface area contributed by atoms with Crippen molar-refractivity contribution in [2.45, 2.75) is 415 Å². The number of carbonyl (C=O) groups is 1. The van der Waals surface area contributed by atoms with E-state index in [0.717, 1.165) is 32.1 Å². The Morgan fingerprint density at radius 3 is 1.10 bits per heavy atom. The second-order valence-corrected chi connectivity index (χ2v) is 26.8. The fraction of sp³-hybridized carbons (Fsp3) is 0.907. The molecule has 89 heavy (non-hydrogen) atoms. The molecule has 2 aliphatic rings. The molecule has 0 bridgehead atoms. The van der Waals surface area contributed by atoms with Crippen LogP contribution in [0.1, 0.15) is 341 Å². The van der Waals surface area contributed by atoms with Gasteiger partial charge in [0.25, 0.3) is 0 Å². The van der Waals surface area contributed by atoms with Gasteiger partial charge in [0, 0.05) is 6.42 Å². The molecule has 0 spiro atoms. The predicted molar refractivity (Wildman–Crippen MR) is 365 cm³/mol. The summed E-state index contributed by atoms with van der Waals surface area (Å²) in [6, 6.07) is -0.930. The molecule has 14 nitrogen and oxygen atoms in total. The fourth-order valence-corrected chi connectivity index (χ4v) is 12.5. The minimum Gasteiger partial charge on any atom is -0.394 e. The molecule has 1 amide bonds. The van der Waals surface area contributed by atoms with E-state index in [2.05, 4.69) is 43.5 Å². The molecule has 0 aromatic rings. The third kappa shape index (κ3) is 43.7. The molecule has 0 radical (unpaired) electrons. The lowest BCUT2D eigenvalue weighted by Crippen LogP contribution is -2.65. The van der Waals surface area contributed by atoms with Gasteiger partial charge in [-0.1, -0.05) is 314 Å². The van der Waals surface area contributed by atoms with Crippen molar-refractivity contribution in [3.05, 3.63) is 36.5 Å². The van der Waals surface area contributed by atoms with E-state index >= 15 is 0 Å². The van der Waals surface area contributed by atoms with Crippen LogP contribution in [0.25, 0.3) is 0 Å². The molecule has 9 N–H and O–H groups in total. The molecule has 0 saturated carbocycles. The quantitative estimate of drug-likeness (QED) is 0.0204. The van der Waals surface area contributed by atoms with Crippen LogP contribution < -0.4 is 5.32 Å². The number of carbonyl (C=O) groups excluding carboxylic acids is 1. The molecule has 12 atom stereocenters. The second kappa shape index (κ2) is 59.9. The summed E-state index contributed by atoms with van der Waals surface area (Å²) in [6.07, 6.45) is 61.0. The van der Waals surface area contributed by atoms with Gasteiger partial charge in [-0.15, -0.1) is 0 Å². The molecule has 14 heteroatoms. The minimum absolute atomic E-state index is 0.243. The van der Waals surface area contributed by atoms with Crippen LogP contribution in [-0.2, 0) is 23.7 Å². The van der Waals surface area contributed by atoms with Crippen molar-refractivity contribution in [1.82, 2.24) is 5.32 Å². The van der Waals surface area contributed by atoms with Crippen molar-refractivity contribution in [3.8, 4) is 0 Å².